The van der Waals surface area contributed by atoms with Crippen molar-refractivity contribution in [2.75, 3.05) is 7.11 Å². The van der Waals surface area contributed by atoms with Crippen LogP contribution in [-0.2, 0) is 14.3 Å². The third kappa shape index (κ3) is 1.88. The average molecular weight is 206 g/mol. The minimum Gasteiger partial charge on any atom is -0.479 e. The standard InChI is InChI=1S/C8H14O6/c1-3-4(9)5(10)6(13-2)7(14-3)8(11)12/h3-7,9-10H,1-2H3,(H,11,12)/t3-,4-,5?,6-,7?/m1/s1. The van der Waals surface area contributed by atoms with Crippen molar-refractivity contribution in [3.8, 4) is 0 Å². The molecule has 0 bridgehead atoms. The summed E-state index contributed by atoms with van der Waals surface area (Å²) >= 11 is 0. The Hall–Kier alpha value is -0.690. The fourth-order valence-corrected chi connectivity index (χ4v) is 1.50. The van der Waals surface area contributed by atoms with Crippen molar-refractivity contribution >= 4 is 5.97 Å². The number of rotatable bonds is 2. The second kappa shape index (κ2) is 4.22. The van der Waals surface area contributed by atoms with Gasteiger partial charge < -0.3 is 24.8 Å². The molecule has 14 heavy (non-hydrogen) atoms. The van der Waals surface area contributed by atoms with Crippen LogP contribution in [0.25, 0.3) is 0 Å². The van der Waals surface area contributed by atoms with Crippen LogP contribution in [0.3, 0.4) is 0 Å². The molecule has 5 atom stereocenters. The molecule has 0 aromatic carbocycles. The van der Waals surface area contributed by atoms with Crippen LogP contribution in [0, 0.1) is 0 Å². The number of carbonyl (C=O) groups is 1. The number of methoxy groups -OCH3 is 1. The van der Waals surface area contributed by atoms with Gasteiger partial charge in [0.15, 0.2) is 6.10 Å². The summed E-state index contributed by atoms with van der Waals surface area (Å²) in [5.41, 5.74) is 0. The maximum absolute atomic E-state index is 10.7. The van der Waals surface area contributed by atoms with Crippen molar-refractivity contribution < 1.29 is 29.6 Å². The van der Waals surface area contributed by atoms with Gasteiger partial charge in [-0.15, -0.1) is 0 Å². The van der Waals surface area contributed by atoms with Crippen molar-refractivity contribution in [1.82, 2.24) is 0 Å². The van der Waals surface area contributed by atoms with Gasteiger partial charge in [-0.2, -0.15) is 0 Å². The molecule has 1 aliphatic heterocycles. The van der Waals surface area contributed by atoms with E-state index in [0.29, 0.717) is 0 Å². The van der Waals surface area contributed by atoms with Crippen molar-refractivity contribution in [1.29, 1.82) is 0 Å². The molecule has 1 aliphatic rings. The van der Waals surface area contributed by atoms with E-state index in [9.17, 15) is 15.0 Å². The van der Waals surface area contributed by atoms with Crippen molar-refractivity contribution in [3.63, 3.8) is 0 Å². The summed E-state index contributed by atoms with van der Waals surface area (Å²) in [7, 11) is 1.26. The predicted octanol–water partition coefficient (Wildman–Crippen LogP) is -1.40. The first-order valence-electron chi connectivity index (χ1n) is 4.26. The molecule has 1 fully saturated rings. The Labute approximate surface area is 81.1 Å². The summed E-state index contributed by atoms with van der Waals surface area (Å²) in [5.74, 6) is -1.21. The van der Waals surface area contributed by atoms with Gasteiger partial charge in [-0.05, 0) is 6.92 Å². The Morgan fingerprint density at radius 1 is 1.36 bits per heavy atom. The molecule has 0 aliphatic carbocycles. The van der Waals surface area contributed by atoms with E-state index in [1.54, 1.807) is 0 Å². The number of aliphatic hydroxyl groups is 2. The third-order valence-electron chi connectivity index (χ3n) is 2.34. The van der Waals surface area contributed by atoms with Gasteiger partial charge in [-0.1, -0.05) is 0 Å². The van der Waals surface area contributed by atoms with E-state index in [0.717, 1.165) is 0 Å². The Morgan fingerprint density at radius 2 is 1.93 bits per heavy atom. The van der Waals surface area contributed by atoms with Crippen LogP contribution in [0.2, 0.25) is 0 Å². The summed E-state index contributed by atoms with van der Waals surface area (Å²) in [5, 5.41) is 27.7. The zero-order chi connectivity index (χ0) is 10.9. The Balaban J connectivity index is 2.82. The van der Waals surface area contributed by atoms with Crippen molar-refractivity contribution in [3.05, 3.63) is 0 Å². The largest absolute Gasteiger partial charge is 0.479 e. The molecule has 1 heterocycles. The molecule has 3 N–H and O–H groups in total. The lowest BCUT2D eigenvalue weighted by Crippen LogP contribution is -2.59. The van der Waals surface area contributed by atoms with E-state index in [1.807, 2.05) is 0 Å². The van der Waals surface area contributed by atoms with Crippen LogP contribution < -0.4 is 0 Å². The summed E-state index contributed by atoms with van der Waals surface area (Å²) in [6.45, 7) is 1.50. The maximum Gasteiger partial charge on any atom is 0.335 e. The zero-order valence-electron chi connectivity index (χ0n) is 7.95. The first-order chi connectivity index (χ1) is 6.49. The Kier molecular flexibility index (Phi) is 3.43. The molecule has 1 saturated heterocycles. The molecule has 6 heteroatoms. The SMILES string of the molecule is CO[C@H]1C(C(=O)O)O[C@H](C)[C@@H](O)C1O. The van der Waals surface area contributed by atoms with Crippen LogP contribution >= 0.6 is 0 Å². The van der Waals surface area contributed by atoms with Gasteiger partial charge in [0.25, 0.3) is 0 Å². The van der Waals surface area contributed by atoms with E-state index in [1.165, 1.54) is 14.0 Å². The van der Waals surface area contributed by atoms with Gasteiger partial charge in [-0.25, -0.2) is 4.79 Å². The highest BCUT2D eigenvalue weighted by molar-refractivity contribution is 5.73. The fraction of sp³-hybridized carbons (Fsp3) is 0.875. The van der Waals surface area contributed by atoms with Gasteiger partial charge in [0.2, 0.25) is 0 Å². The molecule has 0 aromatic heterocycles. The summed E-state index contributed by atoms with van der Waals surface area (Å²) < 4.78 is 9.78. The first kappa shape index (κ1) is 11.4. The van der Waals surface area contributed by atoms with E-state index >= 15 is 0 Å². The third-order valence-corrected chi connectivity index (χ3v) is 2.34. The normalized spacial score (nSPS) is 43.6. The van der Waals surface area contributed by atoms with E-state index in [-0.39, 0.29) is 0 Å². The lowest BCUT2D eigenvalue weighted by Gasteiger charge is -2.39. The summed E-state index contributed by atoms with van der Waals surface area (Å²) in [6, 6.07) is 0. The lowest BCUT2D eigenvalue weighted by molar-refractivity contribution is -0.229. The average Bonchev–Trinajstić information content (AvgIpc) is 2.13. The second-order valence-corrected chi connectivity index (χ2v) is 3.28. The minimum atomic E-state index is -1.25. The van der Waals surface area contributed by atoms with Crippen molar-refractivity contribution in [2.24, 2.45) is 0 Å². The molecule has 0 saturated carbocycles. The lowest BCUT2D eigenvalue weighted by atomic mass is 9.95. The van der Waals surface area contributed by atoms with Crippen LogP contribution in [0.4, 0.5) is 0 Å². The number of hydrogen-bond acceptors (Lipinski definition) is 5. The monoisotopic (exact) mass is 206 g/mol. The number of aliphatic hydroxyl groups excluding tert-OH is 2. The molecule has 0 aromatic rings. The molecule has 82 valence electrons. The van der Waals surface area contributed by atoms with Crippen molar-refractivity contribution in [2.45, 2.75) is 37.4 Å². The Morgan fingerprint density at radius 3 is 2.36 bits per heavy atom. The number of carboxylic acids is 1. The topological polar surface area (TPSA) is 96.2 Å². The highest BCUT2D eigenvalue weighted by Crippen LogP contribution is 2.22. The predicted molar refractivity (Wildman–Crippen MR) is 44.8 cm³/mol. The van der Waals surface area contributed by atoms with E-state index in [2.05, 4.69) is 0 Å². The molecule has 0 amide bonds. The van der Waals surface area contributed by atoms with Gasteiger partial charge in [-0.3, -0.25) is 0 Å². The summed E-state index contributed by atoms with van der Waals surface area (Å²) in [6.07, 6.45) is -5.38. The highest BCUT2D eigenvalue weighted by atomic mass is 16.6. The van der Waals surface area contributed by atoms with E-state index in [4.69, 9.17) is 14.6 Å². The number of carboxylic acid groups (broad SMARTS) is 1. The second-order valence-electron chi connectivity index (χ2n) is 3.28. The summed E-state index contributed by atoms with van der Waals surface area (Å²) in [4.78, 5) is 10.7. The molecule has 2 unspecified atom stereocenters. The van der Waals surface area contributed by atoms with Gasteiger partial charge in [0, 0.05) is 7.11 Å². The zero-order valence-corrected chi connectivity index (χ0v) is 7.95. The molecule has 6 nitrogen and oxygen atoms in total. The molecule has 1 rings (SSSR count). The Bertz CT molecular complexity index is 218. The smallest absolute Gasteiger partial charge is 0.335 e. The molecule has 0 spiro atoms. The number of hydrogen-bond donors (Lipinski definition) is 3. The van der Waals surface area contributed by atoms with Crippen LogP contribution in [0.1, 0.15) is 6.92 Å². The number of aliphatic carboxylic acids is 1. The maximum atomic E-state index is 10.7. The van der Waals surface area contributed by atoms with Crippen LogP contribution in [0.5, 0.6) is 0 Å². The van der Waals surface area contributed by atoms with Gasteiger partial charge >= 0.3 is 5.97 Å². The number of ether oxygens (including phenoxy) is 2. The molecule has 0 radical (unpaired) electrons. The van der Waals surface area contributed by atoms with E-state index < -0.39 is 36.5 Å². The highest BCUT2D eigenvalue weighted by Gasteiger charge is 2.46. The molecular weight excluding hydrogens is 192 g/mol. The molecular formula is C8H14O6. The van der Waals surface area contributed by atoms with Crippen LogP contribution in [0.15, 0.2) is 0 Å². The quantitative estimate of drug-likeness (QED) is 0.514. The van der Waals surface area contributed by atoms with Gasteiger partial charge in [0.05, 0.1) is 6.10 Å². The fourth-order valence-electron chi connectivity index (χ4n) is 1.50. The van der Waals surface area contributed by atoms with Gasteiger partial charge in [0.1, 0.15) is 18.3 Å². The van der Waals surface area contributed by atoms with Crippen LogP contribution in [-0.4, -0.2) is 58.9 Å². The first-order valence-corrected chi connectivity index (χ1v) is 4.26. The minimum absolute atomic E-state index is 0.725.